The fraction of sp³-hybridized carbons (Fsp3) is 0.448. The lowest BCUT2D eigenvalue weighted by molar-refractivity contribution is -0.160. The van der Waals surface area contributed by atoms with Crippen molar-refractivity contribution in [2.75, 3.05) is 17.3 Å². The molecule has 6 unspecified atom stereocenters. The van der Waals surface area contributed by atoms with Crippen molar-refractivity contribution in [1.29, 1.82) is 0 Å². The SMILES string of the molecule is CC(C)=CCC12CC3C(=O)N4C(CC5(C)c6ccccc6NC45)C(=O)N3C1N(C)c1ccccc12. The van der Waals surface area contributed by atoms with Gasteiger partial charge in [0.05, 0.1) is 0 Å². The van der Waals surface area contributed by atoms with Crippen molar-refractivity contribution in [2.45, 2.75) is 75.3 Å². The van der Waals surface area contributed by atoms with Crippen LogP contribution >= 0.6 is 0 Å². The number of fused-ring (bicyclic) bond motifs is 10. The van der Waals surface area contributed by atoms with E-state index in [1.165, 1.54) is 22.4 Å². The van der Waals surface area contributed by atoms with Crippen LogP contribution in [-0.2, 0) is 20.4 Å². The number of nitrogens with zero attached hydrogens (tertiary/aromatic N) is 3. The highest BCUT2D eigenvalue weighted by Crippen LogP contribution is 2.59. The second-order valence-electron chi connectivity index (χ2n) is 11.6. The number of likely N-dealkylation sites (N-methyl/N-ethyl adjacent to an activating group) is 1. The Morgan fingerprint density at radius 2 is 1.63 bits per heavy atom. The standard InChI is InChI=1S/C29H32N4O2/c1-17(2)13-14-29-16-23-24(34)32-22(15-28(3)18-9-5-7-11-20(18)30-26(28)32)25(35)33(23)27(29)31(4)21-12-8-6-10-19(21)29/h5-13,22-23,26-27,30H,14-16H2,1-4H3. The average molecular weight is 469 g/mol. The van der Waals surface area contributed by atoms with Gasteiger partial charge in [0.1, 0.15) is 24.4 Å². The first-order valence-electron chi connectivity index (χ1n) is 12.7. The van der Waals surface area contributed by atoms with Crippen LogP contribution in [0.1, 0.15) is 51.2 Å². The number of anilines is 2. The molecule has 6 atom stereocenters. The zero-order valence-electron chi connectivity index (χ0n) is 20.8. The summed E-state index contributed by atoms with van der Waals surface area (Å²) < 4.78 is 0. The number of benzene rings is 2. The number of piperazine rings is 1. The molecule has 5 aliphatic heterocycles. The van der Waals surface area contributed by atoms with Gasteiger partial charge in [-0.15, -0.1) is 0 Å². The molecule has 1 N–H and O–H groups in total. The van der Waals surface area contributed by atoms with Gasteiger partial charge in [0.25, 0.3) is 0 Å². The number of carbonyl (C=O) groups is 2. The fourth-order valence-electron chi connectivity index (χ4n) is 7.96. The lowest BCUT2D eigenvalue weighted by Gasteiger charge is -2.44. The second kappa shape index (κ2) is 6.68. The Kier molecular flexibility index (Phi) is 4.02. The van der Waals surface area contributed by atoms with Gasteiger partial charge < -0.3 is 20.0 Å². The third kappa shape index (κ3) is 2.40. The summed E-state index contributed by atoms with van der Waals surface area (Å²) in [5, 5.41) is 3.61. The zero-order chi connectivity index (χ0) is 24.3. The number of hydrogen-bond donors (Lipinski definition) is 1. The Labute approximate surface area is 206 Å². The molecule has 0 aromatic heterocycles. The number of amides is 2. The predicted octanol–water partition coefficient (Wildman–Crippen LogP) is 3.98. The topological polar surface area (TPSA) is 55.9 Å². The molecule has 0 saturated carbocycles. The molecule has 5 heterocycles. The summed E-state index contributed by atoms with van der Waals surface area (Å²) >= 11 is 0. The average Bonchev–Trinajstić information content (AvgIpc) is 3.51. The lowest BCUT2D eigenvalue weighted by Crippen LogP contribution is -2.66. The van der Waals surface area contributed by atoms with E-state index >= 15 is 0 Å². The van der Waals surface area contributed by atoms with Crippen LogP contribution in [0.15, 0.2) is 60.2 Å². The lowest BCUT2D eigenvalue weighted by atomic mass is 9.75. The summed E-state index contributed by atoms with van der Waals surface area (Å²) in [5.41, 5.74) is 5.44. The number of hydrogen-bond acceptors (Lipinski definition) is 4. The van der Waals surface area contributed by atoms with Crippen molar-refractivity contribution >= 4 is 23.2 Å². The molecule has 3 fully saturated rings. The maximum Gasteiger partial charge on any atom is 0.247 e. The number of nitrogens with one attached hydrogen (secondary N) is 1. The molecule has 0 bridgehead atoms. The quantitative estimate of drug-likeness (QED) is 0.678. The van der Waals surface area contributed by atoms with Gasteiger partial charge in [-0.1, -0.05) is 55.0 Å². The Hall–Kier alpha value is -3.28. The van der Waals surface area contributed by atoms with E-state index in [2.05, 4.69) is 86.6 Å². The molecule has 0 radical (unpaired) electrons. The monoisotopic (exact) mass is 468 g/mol. The van der Waals surface area contributed by atoms with E-state index in [0.29, 0.717) is 12.8 Å². The van der Waals surface area contributed by atoms with E-state index in [9.17, 15) is 9.59 Å². The minimum absolute atomic E-state index is 0.0977. The van der Waals surface area contributed by atoms with Crippen molar-refractivity contribution in [1.82, 2.24) is 9.80 Å². The third-order valence-corrected chi connectivity index (χ3v) is 9.46. The summed E-state index contributed by atoms with van der Waals surface area (Å²) in [5.74, 6) is 0.203. The van der Waals surface area contributed by atoms with Gasteiger partial charge >= 0.3 is 0 Å². The van der Waals surface area contributed by atoms with Gasteiger partial charge in [0, 0.05) is 29.3 Å². The number of carbonyl (C=O) groups excluding carboxylic acids is 2. The molecule has 2 aromatic carbocycles. The van der Waals surface area contributed by atoms with Crippen LogP contribution in [0.3, 0.4) is 0 Å². The van der Waals surface area contributed by atoms with Gasteiger partial charge in [-0.05, 0) is 56.4 Å². The third-order valence-electron chi connectivity index (χ3n) is 9.46. The Bertz CT molecular complexity index is 1320. The minimum atomic E-state index is -0.432. The van der Waals surface area contributed by atoms with Crippen LogP contribution < -0.4 is 10.2 Å². The van der Waals surface area contributed by atoms with Crippen LogP contribution in [0.4, 0.5) is 11.4 Å². The smallest absolute Gasteiger partial charge is 0.247 e. The van der Waals surface area contributed by atoms with Crippen LogP contribution in [0, 0.1) is 0 Å². The Morgan fingerprint density at radius 3 is 2.40 bits per heavy atom. The number of rotatable bonds is 2. The number of allylic oxidation sites excluding steroid dienone is 2. The van der Waals surface area contributed by atoms with Crippen molar-refractivity contribution in [2.24, 2.45) is 0 Å². The van der Waals surface area contributed by atoms with Gasteiger partial charge in [0.15, 0.2) is 0 Å². The van der Waals surface area contributed by atoms with Crippen molar-refractivity contribution in [3.05, 3.63) is 71.3 Å². The Balaban J connectivity index is 1.33. The minimum Gasteiger partial charge on any atom is -0.364 e. The largest absolute Gasteiger partial charge is 0.364 e. The van der Waals surface area contributed by atoms with Crippen molar-refractivity contribution in [3.63, 3.8) is 0 Å². The first-order valence-corrected chi connectivity index (χ1v) is 12.7. The molecule has 7 rings (SSSR count). The first-order chi connectivity index (χ1) is 16.8. The van der Waals surface area contributed by atoms with E-state index in [-0.39, 0.29) is 35.0 Å². The van der Waals surface area contributed by atoms with Gasteiger partial charge in [0.2, 0.25) is 11.8 Å². The summed E-state index contributed by atoms with van der Waals surface area (Å²) in [6.07, 6.45) is 4.09. The highest BCUT2D eigenvalue weighted by molar-refractivity contribution is 6.00. The van der Waals surface area contributed by atoms with Crippen LogP contribution in [-0.4, -0.2) is 53.1 Å². The van der Waals surface area contributed by atoms with Gasteiger partial charge in [-0.2, -0.15) is 0 Å². The van der Waals surface area contributed by atoms with E-state index in [1.807, 2.05) is 15.9 Å². The van der Waals surface area contributed by atoms with Crippen LogP contribution in [0.5, 0.6) is 0 Å². The summed E-state index contributed by atoms with van der Waals surface area (Å²) in [7, 11) is 2.09. The molecule has 0 aliphatic carbocycles. The molecule has 6 nitrogen and oxygen atoms in total. The zero-order valence-corrected chi connectivity index (χ0v) is 20.8. The van der Waals surface area contributed by atoms with E-state index in [1.54, 1.807) is 0 Å². The van der Waals surface area contributed by atoms with E-state index < -0.39 is 12.1 Å². The highest BCUT2D eigenvalue weighted by atomic mass is 16.2. The highest BCUT2D eigenvalue weighted by Gasteiger charge is 2.69. The second-order valence-corrected chi connectivity index (χ2v) is 11.6. The summed E-state index contributed by atoms with van der Waals surface area (Å²) in [6.45, 7) is 6.45. The molecule has 5 aliphatic rings. The molecular weight excluding hydrogens is 436 g/mol. The van der Waals surface area contributed by atoms with Crippen LogP contribution in [0.25, 0.3) is 0 Å². The molecule has 2 aromatic rings. The summed E-state index contributed by atoms with van der Waals surface area (Å²) in [6, 6.07) is 15.9. The number of para-hydroxylation sites is 2. The van der Waals surface area contributed by atoms with Crippen molar-refractivity contribution < 1.29 is 9.59 Å². The first kappa shape index (κ1) is 21.0. The van der Waals surface area contributed by atoms with Crippen molar-refractivity contribution in [3.8, 4) is 0 Å². The maximum atomic E-state index is 14.3. The summed E-state index contributed by atoms with van der Waals surface area (Å²) in [4.78, 5) is 34.7. The molecule has 6 heteroatoms. The van der Waals surface area contributed by atoms with Gasteiger partial charge in [-0.25, -0.2) is 0 Å². The predicted molar refractivity (Wildman–Crippen MR) is 136 cm³/mol. The van der Waals surface area contributed by atoms with Gasteiger partial charge in [-0.3, -0.25) is 9.59 Å². The Morgan fingerprint density at radius 1 is 0.971 bits per heavy atom. The van der Waals surface area contributed by atoms with E-state index in [0.717, 1.165) is 12.1 Å². The maximum absolute atomic E-state index is 14.3. The molecule has 0 spiro atoms. The normalized spacial score (nSPS) is 35.7. The molecule has 180 valence electrons. The van der Waals surface area contributed by atoms with Crippen LogP contribution in [0.2, 0.25) is 0 Å². The molecule has 2 amide bonds. The molecular formula is C29H32N4O2. The fourth-order valence-corrected chi connectivity index (χ4v) is 7.96. The van der Waals surface area contributed by atoms with E-state index in [4.69, 9.17) is 0 Å². The molecule has 3 saturated heterocycles. The molecule has 35 heavy (non-hydrogen) atoms.